The molecule has 1 saturated heterocycles. The van der Waals surface area contributed by atoms with E-state index in [4.69, 9.17) is 0 Å². The molecule has 160 valence electrons. The summed E-state index contributed by atoms with van der Waals surface area (Å²) in [4.78, 5) is 24.3. The van der Waals surface area contributed by atoms with Crippen molar-refractivity contribution in [3.63, 3.8) is 0 Å². The summed E-state index contributed by atoms with van der Waals surface area (Å²) in [7, 11) is 1.75. The number of rotatable bonds is 6. The highest BCUT2D eigenvalue weighted by Gasteiger charge is 2.41. The minimum atomic E-state index is -0.437. The van der Waals surface area contributed by atoms with E-state index >= 15 is 0 Å². The standard InChI is InChI=1S/C26H30N4O/c1-20-6-3-9-24(29-20)18-30-15-5-12-26(19-30,25(31)27-2)17-21-7-4-8-23(16-21)22-10-13-28-14-11-22/h3-4,6-11,13-14,16H,5,12,15,17-19H2,1-2H3,(H,27,31)/t26-/m1/s1. The second-order valence-corrected chi connectivity index (χ2v) is 8.56. The molecular formula is C26H30N4O. The van der Waals surface area contributed by atoms with E-state index in [9.17, 15) is 4.79 Å². The molecular weight excluding hydrogens is 384 g/mol. The number of nitrogens with zero attached hydrogens (tertiary/aromatic N) is 3. The summed E-state index contributed by atoms with van der Waals surface area (Å²) in [6.45, 7) is 4.52. The first kappa shape index (κ1) is 21.2. The number of aromatic nitrogens is 2. The van der Waals surface area contributed by atoms with E-state index in [0.29, 0.717) is 0 Å². The first-order valence-corrected chi connectivity index (χ1v) is 10.9. The van der Waals surface area contributed by atoms with Gasteiger partial charge in [0.1, 0.15) is 0 Å². The van der Waals surface area contributed by atoms with Crippen molar-refractivity contribution in [2.24, 2.45) is 5.41 Å². The third kappa shape index (κ3) is 5.00. The van der Waals surface area contributed by atoms with Gasteiger partial charge in [0, 0.05) is 38.2 Å². The van der Waals surface area contributed by atoms with Crippen molar-refractivity contribution in [1.29, 1.82) is 0 Å². The van der Waals surface area contributed by atoms with Crippen LogP contribution in [0, 0.1) is 12.3 Å². The second kappa shape index (κ2) is 9.40. The highest BCUT2D eigenvalue weighted by atomic mass is 16.2. The number of amides is 1. The zero-order valence-corrected chi connectivity index (χ0v) is 18.3. The average Bonchev–Trinajstić information content (AvgIpc) is 2.79. The van der Waals surface area contributed by atoms with Crippen LogP contribution >= 0.6 is 0 Å². The molecule has 0 unspecified atom stereocenters. The van der Waals surface area contributed by atoms with Gasteiger partial charge in [-0.15, -0.1) is 0 Å². The van der Waals surface area contributed by atoms with E-state index in [2.05, 4.69) is 56.6 Å². The molecule has 0 saturated carbocycles. The summed E-state index contributed by atoms with van der Waals surface area (Å²) in [5.41, 5.74) is 5.14. The fourth-order valence-electron chi connectivity index (χ4n) is 4.75. The molecule has 1 aliphatic rings. The predicted octanol–water partition coefficient (Wildman–Crippen LogP) is 4.02. The number of nitrogens with one attached hydrogen (secondary N) is 1. The fourth-order valence-corrected chi connectivity index (χ4v) is 4.75. The molecule has 1 aromatic carbocycles. The largest absolute Gasteiger partial charge is 0.359 e. The molecule has 5 heteroatoms. The quantitative estimate of drug-likeness (QED) is 0.662. The van der Waals surface area contributed by atoms with Crippen molar-refractivity contribution < 1.29 is 4.79 Å². The number of carbonyl (C=O) groups is 1. The molecule has 31 heavy (non-hydrogen) atoms. The molecule has 0 aliphatic carbocycles. The van der Waals surface area contributed by atoms with Crippen LogP contribution in [-0.2, 0) is 17.8 Å². The van der Waals surface area contributed by atoms with E-state index in [-0.39, 0.29) is 5.91 Å². The Balaban J connectivity index is 1.57. The smallest absolute Gasteiger partial charge is 0.227 e. The Morgan fingerprint density at radius 1 is 1.10 bits per heavy atom. The number of pyridine rings is 2. The predicted molar refractivity (Wildman–Crippen MR) is 123 cm³/mol. The Bertz CT molecular complexity index is 1040. The van der Waals surface area contributed by atoms with Crippen molar-refractivity contribution in [2.75, 3.05) is 20.1 Å². The van der Waals surface area contributed by atoms with Crippen molar-refractivity contribution in [3.05, 3.63) is 83.9 Å². The summed E-state index contributed by atoms with van der Waals surface area (Å²) in [5, 5.41) is 2.95. The molecule has 1 aliphatic heterocycles. The first-order valence-electron chi connectivity index (χ1n) is 10.9. The van der Waals surface area contributed by atoms with Gasteiger partial charge in [0.15, 0.2) is 0 Å². The Morgan fingerprint density at radius 2 is 1.90 bits per heavy atom. The number of hydrogen-bond acceptors (Lipinski definition) is 4. The second-order valence-electron chi connectivity index (χ2n) is 8.56. The van der Waals surface area contributed by atoms with E-state index in [1.165, 1.54) is 5.56 Å². The molecule has 1 atom stereocenters. The van der Waals surface area contributed by atoms with Crippen LogP contribution in [0.3, 0.4) is 0 Å². The monoisotopic (exact) mass is 414 g/mol. The van der Waals surface area contributed by atoms with Crippen molar-refractivity contribution in [2.45, 2.75) is 32.7 Å². The van der Waals surface area contributed by atoms with Gasteiger partial charge in [-0.25, -0.2) is 0 Å². The van der Waals surface area contributed by atoms with Gasteiger partial charge >= 0.3 is 0 Å². The molecule has 1 fully saturated rings. The van der Waals surface area contributed by atoms with Gasteiger partial charge < -0.3 is 5.32 Å². The maximum absolute atomic E-state index is 13.1. The molecule has 4 rings (SSSR count). The maximum atomic E-state index is 13.1. The number of piperidine rings is 1. The summed E-state index contributed by atoms with van der Waals surface area (Å²) >= 11 is 0. The van der Waals surface area contributed by atoms with Crippen LogP contribution in [0.15, 0.2) is 67.0 Å². The van der Waals surface area contributed by atoms with Crippen molar-refractivity contribution in [1.82, 2.24) is 20.2 Å². The van der Waals surface area contributed by atoms with Crippen LogP contribution in [-0.4, -0.2) is 40.9 Å². The van der Waals surface area contributed by atoms with E-state index < -0.39 is 5.41 Å². The molecule has 0 radical (unpaired) electrons. The number of likely N-dealkylation sites (tertiary alicyclic amines) is 1. The minimum absolute atomic E-state index is 0.128. The molecule has 1 amide bonds. The van der Waals surface area contributed by atoms with Crippen molar-refractivity contribution >= 4 is 5.91 Å². The molecule has 1 N–H and O–H groups in total. The summed E-state index contributed by atoms with van der Waals surface area (Å²) in [6, 6.07) is 18.7. The molecule has 3 heterocycles. The first-order chi connectivity index (χ1) is 15.1. The third-order valence-electron chi connectivity index (χ3n) is 6.18. The van der Waals surface area contributed by atoms with Gasteiger partial charge in [0.05, 0.1) is 11.1 Å². The number of carbonyl (C=O) groups excluding carboxylic acids is 1. The zero-order chi connectivity index (χ0) is 21.7. The topological polar surface area (TPSA) is 58.1 Å². The normalized spacial score (nSPS) is 19.2. The average molecular weight is 415 g/mol. The molecule has 2 aromatic heterocycles. The maximum Gasteiger partial charge on any atom is 0.227 e. The summed E-state index contributed by atoms with van der Waals surface area (Å²) in [5.74, 6) is 0.128. The Labute approximate surface area is 184 Å². The molecule has 0 spiro atoms. The van der Waals surface area contributed by atoms with Gasteiger partial charge in [-0.05, 0) is 73.7 Å². The van der Waals surface area contributed by atoms with Gasteiger partial charge in [-0.3, -0.25) is 19.7 Å². The van der Waals surface area contributed by atoms with Crippen LogP contribution in [0.25, 0.3) is 11.1 Å². The van der Waals surface area contributed by atoms with Gasteiger partial charge in [-0.2, -0.15) is 0 Å². The third-order valence-corrected chi connectivity index (χ3v) is 6.18. The van der Waals surface area contributed by atoms with Crippen LogP contribution < -0.4 is 5.32 Å². The Hall–Kier alpha value is -3.05. The fraction of sp³-hybridized carbons (Fsp3) is 0.346. The minimum Gasteiger partial charge on any atom is -0.359 e. The zero-order valence-electron chi connectivity index (χ0n) is 18.3. The lowest BCUT2D eigenvalue weighted by Gasteiger charge is -2.41. The van der Waals surface area contributed by atoms with E-state index in [0.717, 1.165) is 61.4 Å². The number of benzene rings is 1. The van der Waals surface area contributed by atoms with Crippen LogP contribution in [0.5, 0.6) is 0 Å². The van der Waals surface area contributed by atoms with Gasteiger partial charge in [-0.1, -0.05) is 30.3 Å². The van der Waals surface area contributed by atoms with Crippen LogP contribution in [0.1, 0.15) is 29.8 Å². The highest BCUT2D eigenvalue weighted by molar-refractivity contribution is 5.83. The van der Waals surface area contributed by atoms with Gasteiger partial charge in [0.25, 0.3) is 0 Å². The summed E-state index contributed by atoms with van der Waals surface area (Å²) in [6.07, 6.45) is 6.25. The van der Waals surface area contributed by atoms with Crippen molar-refractivity contribution in [3.8, 4) is 11.1 Å². The number of aryl methyl sites for hydroxylation is 1. The van der Waals surface area contributed by atoms with E-state index in [1.807, 2.05) is 37.5 Å². The van der Waals surface area contributed by atoms with Crippen LogP contribution in [0.2, 0.25) is 0 Å². The van der Waals surface area contributed by atoms with Crippen LogP contribution in [0.4, 0.5) is 0 Å². The van der Waals surface area contributed by atoms with Gasteiger partial charge in [0.2, 0.25) is 5.91 Å². The lowest BCUT2D eigenvalue weighted by molar-refractivity contribution is -0.134. The lowest BCUT2D eigenvalue weighted by atomic mass is 9.74. The SMILES string of the molecule is CNC(=O)[C@@]1(Cc2cccc(-c3ccncc3)c2)CCCN(Cc2cccc(C)n2)C1. The summed E-state index contributed by atoms with van der Waals surface area (Å²) < 4.78 is 0. The Kier molecular flexibility index (Phi) is 6.42. The lowest BCUT2D eigenvalue weighted by Crippen LogP contribution is -2.52. The Morgan fingerprint density at radius 3 is 2.68 bits per heavy atom. The number of hydrogen-bond donors (Lipinski definition) is 1. The highest BCUT2D eigenvalue weighted by Crippen LogP contribution is 2.35. The molecule has 3 aromatic rings. The molecule has 5 nitrogen and oxygen atoms in total. The van der Waals surface area contributed by atoms with E-state index in [1.54, 1.807) is 7.05 Å². The molecule has 0 bridgehead atoms.